The van der Waals surface area contributed by atoms with Crippen LogP contribution in [0.3, 0.4) is 0 Å². The minimum atomic E-state index is -0.134. The van der Waals surface area contributed by atoms with E-state index in [1.54, 1.807) is 0 Å². The van der Waals surface area contributed by atoms with Crippen LogP contribution in [0.25, 0.3) is 0 Å². The molecule has 0 aromatic carbocycles. The summed E-state index contributed by atoms with van der Waals surface area (Å²) in [6.45, 7) is 6.90. The monoisotopic (exact) mass is 191 g/mol. The lowest BCUT2D eigenvalue weighted by atomic mass is 10.1. The molecule has 1 unspecified atom stereocenters. The molecule has 3 nitrogen and oxygen atoms in total. The van der Waals surface area contributed by atoms with Gasteiger partial charge in [0.05, 0.1) is 6.01 Å². The highest BCUT2D eigenvalue weighted by Gasteiger charge is 2.00. The Kier molecular flexibility index (Phi) is 10.3. The summed E-state index contributed by atoms with van der Waals surface area (Å²) in [5.74, 6) is 0.581. The summed E-state index contributed by atoms with van der Waals surface area (Å²) in [5, 5.41) is 0. The van der Waals surface area contributed by atoms with Crippen LogP contribution in [0, 0.1) is 5.92 Å². The summed E-state index contributed by atoms with van der Waals surface area (Å²) in [5.41, 5.74) is 5.63. The van der Waals surface area contributed by atoms with Gasteiger partial charge in [-0.15, -0.1) is 12.4 Å². The van der Waals surface area contributed by atoms with E-state index in [0.717, 1.165) is 13.0 Å². The van der Waals surface area contributed by atoms with E-state index in [1.807, 2.05) is 6.92 Å². The van der Waals surface area contributed by atoms with Crippen molar-refractivity contribution in [3.63, 3.8) is 0 Å². The van der Waals surface area contributed by atoms with E-state index in [1.165, 1.54) is 0 Å². The Morgan fingerprint density at radius 2 is 2.00 bits per heavy atom. The number of rotatable bonds is 4. The third kappa shape index (κ3) is 9.63. The van der Waals surface area contributed by atoms with Crippen LogP contribution in [0.5, 0.6) is 0 Å². The lowest BCUT2D eigenvalue weighted by Gasteiger charge is -2.05. The minimum absolute atomic E-state index is 0. The summed E-state index contributed by atoms with van der Waals surface area (Å²) in [6.07, 6.45) is 0.761. The van der Waals surface area contributed by atoms with Gasteiger partial charge in [-0.25, -0.2) is 9.98 Å². The molecule has 0 rings (SSSR count). The smallest absolute Gasteiger partial charge is 0.108 e. The Hall–Kier alpha value is -0.370. The SMILES string of the molecule is CCN=C=NC(N)CC(C)C.Cl. The zero-order valence-electron chi connectivity index (χ0n) is 7.95. The fraction of sp³-hybridized carbons (Fsp3) is 0.875. The van der Waals surface area contributed by atoms with Crippen LogP contribution < -0.4 is 5.73 Å². The van der Waals surface area contributed by atoms with Gasteiger partial charge in [-0.05, 0) is 19.3 Å². The average molecular weight is 192 g/mol. The van der Waals surface area contributed by atoms with Gasteiger partial charge in [-0.2, -0.15) is 0 Å². The lowest BCUT2D eigenvalue weighted by Crippen LogP contribution is -2.18. The molecule has 2 N–H and O–H groups in total. The van der Waals surface area contributed by atoms with Crippen LogP contribution in [0.2, 0.25) is 0 Å². The standard InChI is InChI=1S/C8H17N3.ClH/c1-4-10-6-11-8(9)5-7(2)3;/h7-8H,4-5,9H2,1-3H3;1H. The van der Waals surface area contributed by atoms with Gasteiger partial charge in [-0.3, -0.25) is 0 Å². The Morgan fingerprint density at radius 1 is 1.42 bits per heavy atom. The Morgan fingerprint density at radius 3 is 2.42 bits per heavy atom. The zero-order chi connectivity index (χ0) is 8.69. The first kappa shape index (κ1) is 14.2. The van der Waals surface area contributed by atoms with Crippen LogP contribution >= 0.6 is 12.4 Å². The second-order valence-corrected chi connectivity index (χ2v) is 2.90. The minimum Gasteiger partial charge on any atom is -0.309 e. The van der Waals surface area contributed by atoms with Gasteiger partial charge >= 0.3 is 0 Å². The molecule has 1 atom stereocenters. The van der Waals surface area contributed by atoms with Crippen molar-refractivity contribution in [2.75, 3.05) is 6.54 Å². The van der Waals surface area contributed by atoms with Crippen molar-refractivity contribution in [2.45, 2.75) is 33.4 Å². The van der Waals surface area contributed by atoms with Gasteiger partial charge in [0, 0.05) is 6.54 Å². The first-order valence-electron chi connectivity index (χ1n) is 4.03. The largest absolute Gasteiger partial charge is 0.309 e. The zero-order valence-corrected chi connectivity index (χ0v) is 8.77. The second kappa shape index (κ2) is 8.72. The Labute approximate surface area is 80.6 Å². The predicted octanol–water partition coefficient (Wildman–Crippen LogP) is 1.93. The van der Waals surface area contributed by atoms with Gasteiger partial charge in [0.25, 0.3) is 0 Å². The molecule has 0 bridgehead atoms. The number of hydrogen-bond acceptors (Lipinski definition) is 3. The van der Waals surface area contributed by atoms with Gasteiger partial charge in [0.1, 0.15) is 6.17 Å². The highest BCUT2D eigenvalue weighted by molar-refractivity contribution is 5.85. The first-order valence-corrected chi connectivity index (χ1v) is 4.03. The first-order chi connectivity index (χ1) is 5.16. The molecular formula is C8H18ClN3. The normalized spacial score (nSPS) is 11.4. The van der Waals surface area contributed by atoms with Crippen LogP contribution in [0.4, 0.5) is 0 Å². The van der Waals surface area contributed by atoms with E-state index in [-0.39, 0.29) is 18.6 Å². The van der Waals surface area contributed by atoms with Crippen molar-refractivity contribution >= 4 is 18.4 Å². The van der Waals surface area contributed by atoms with Gasteiger partial charge in [0.2, 0.25) is 0 Å². The summed E-state index contributed by atoms with van der Waals surface area (Å²) in [6, 6.07) is 2.57. The van der Waals surface area contributed by atoms with E-state index in [4.69, 9.17) is 5.73 Å². The van der Waals surface area contributed by atoms with E-state index in [2.05, 4.69) is 29.8 Å². The van der Waals surface area contributed by atoms with E-state index in [9.17, 15) is 0 Å². The molecule has 0 spiro atoms. The number of halogens is 1. The molecule has 0 fully saturated rings. The maximum atomic E-state index is 5.63. The summed E-state index contributed by atoms with van der Waals surface area (Å²) >= 11 is 0. The van der Waals surface area contributed by atoms with Crippen molar-refractivity contribution in [1.29, 1.82) is 0 Å². The van der Waals surface area contributed by atoms with Crippen molar-refractivity contribution in [2.24, 2.45) is 21.6 Å². The van der Waals surface area contributed by atoms with Gasteiger partial charge in [-0.1, -0.05) is 13.8 Å². The van der Waals surface area contributed by atoms with E-state index < -0.39 is 0 Å². The Bertz CT molecular complexity index is 150. The fourth-order valence-electron chi connectivity index (χ4n) is 0.721. The van der Waals surface area contributed by atoms with Crippen LogP contribution in [0.15, 0.2) is 9.98 Å². The van der Waals surface area contributed by atoms with Crippen molar-refractivity contribution < 1.29 is 0 Å². The summed E-state index contributed by atoms with van der Waals surface area (Å²) in [4.78, 5) is 7.74. The third-order valence-corrected chi connectivity index (χ3v) is 1.17. The third-order valence-electron chi connectivity index (χ3n) is 1.17. The maximum absolute atomic E-state index is 5.63. The van der Waals surface area contributed by atoms with Crippen LogP contribution in [-0.4, -0.2) is 18.7 Å². The van der Waals surface area contributed by atoms with Crippen LogP contribution in [-0.2, 0) is 0 Å². The molecule has 0 aromatic heterocycles. The molecular weight excluding hydrogens is 174 g/mol. The molecule has 0 amide bonds. The van der Waals surface area contributed by atoms with Crippen molar-refractivity contribution in [3.8, 4) is 0 Å². The van der Waals surface area contributed by atoms with Gasteiger partial charge < -0.3 is 5.73 Å². The molecule has 0 aromatic rings. The summed E-state index contributed by atoms with van der Waals surface area (Å²) in [7, 11) is 0. The summed E-state index contributed by atoms with van der Waals surface area (Å²) < 4.78 is 0. The predicted molar refractivity (Wildman–Crippen MR) is 55.1 cm³/mol. The van der Waals surface area contributed by atoms with Gasteiger partial charge in [0.15, 0.2) is 0 Å². The number of aliphatic imine (C=N–C) groups is 2. The Balaban J connectivity index is 0. The highest BCUT2D eigenvalue weighted by atomic mass is 35.5. The molecule has 0 aliphatic heterocycles. The highest BCUT2D eigenvalue weighted by Crippen LogP contribution is 2.02. The average Bonchev–Trinajstić information content (AvgIpc) is 1.86. The van der Waals surface area contributed by atoms with Crippen molar-refractivity contribution in [3.05, 3.63) is 0 Å². The molecule has 0 aliphatic rings. The number of hydrogen-bond donors (Lipinski definition) is 1. The number of nitrogens with zero attached hydrogens (tertiary/aromatic N) is 2. The molecule has 0 heterocycles. The topological polar surface area (TPSA) is 50.7 Å². The van der Waals surface area contributed by atoms with E-state index >= 15 is 0 Å². The quantitative estimate of drug-likeness (QED) is 0.679. The maximum Gasteiger partial charge on any atom is 0.108 e. The van der Waals surface area contributed by atoms with Crippen molar-refractivity contribution in [1.82, 2.24) is 0 Å². The van der Waals surface area contributed by atoms with E-state index in [0.29, 0.717) is 5.92 Å². The molecule has 12 heavy (non-hydrogen) atoms. The van der Waals surface area contributed by atoms with Crippen LogP contribution in [0.1, 0.15) is 27.2 Å². The lowest BCUT2D eigenvalue weighted by molar-refractivity contribution is 0.509. The molecule has 0 aliphatic carbocycles. The fourth-order valence-corrected chi connectivity index (χ4v) is 0.721. The molecule has 0 saturated heterocycles. The molecule has 0 radical (unpaired) electrons. The molecule has 4 heteroatoms. The molecule has 72 valence electrons. The molecule has 0 saturated carbocycles. The number of nitrogens with two attached hydrogens (primary N) is 1. The second-order valence-electron chi connectivity index (χ2n) is 2.90.